The average Bonchev–Trinajstić information content (AvgIpc) is 2.43. The van der Waals surface area contributed by atoms with Crippen LogP contribution in [0.3, 0.4) is 0 Å². The summed E-state index contributed by atoms with van der Waals surface area (Å²) in [7, 11) is 3.96. The minimum atomic E-state index is 0.209. The molecule has 0 saturated heterocycles. The fourth-order valence-electron chi connectivity index (χ4n) is 3.63. The second-order valence-electron chi connectivity index (χ2n) is 6.42. The number of methoxy groups -OCH3 is 1. The standard InChI is InChI=1S/C17H28N2O/c1-13-10-17(11-13,12-18)19(3)14(2)9-15-7-5-6-8-16(15)20-4/h5-8,13-14H,9-12,18H2,1-4H3. The summed E-state index contributed by atoms with van der Waals surface area (Å²) in [5.41, 5.74) is 7.53. The van der Waals surface area contributed by atoms with Crippen molar-refractivity contribution < 1.29 is 4.74 Å². The van der Waals surface area contributed by atoms with Gasteiger partial charge in [-0.25, -0.2) is 0 Å². The van der Waals surface area contributed by atoms with Gasteiger partial charge in [-0.3, -0.25) is 4.90 Å². The van der Waals surface area contributed by atoms with Crippen molar-refractivity contribution in [3.8, 4) is 5.75 Å². The predicted octanol–water partition coefficient (Wildman–Crippen LogP) is 2.69. The normalized spacial score (nSPS) is 27.2. The van der Waals surface area contributed by atoms with Crippen LogP contribution >= 0.6 is 0 Å². The highest BCUT2D eigenvalue weighted by Crippen LogP contribution is 2.42. The number of nitrogens with zero attached hydrogens (tertiary/aromatic N) is 1. The lowest BCUT2D eigenvalue weighted by Gasteiger charge is -2.54. The van der Waals surface area contributed by atoms with Gasteiger partial charge in [-0.15, -0.1) is 0 Å². The van der Waals surface area contributed by atoms with Gasteiger partial charge in [0.25, 0.3) is 0 Å². The number of para-hydroxylation sites is 1. The van der Waals surface area contributed by atoms with Crippen LogP contribution in [0.1, 0.15) is 32.3 Å². The number of hydrogen-bond acceptors (Lipinski definition) is 3. The van der Waals surface area contributed by atoms with Gasteiger partial charge in [-0.1, -0.05) is 25.1 Å². The molecule has 1 fully saturated rings. The number of ether oxygens (including phenoxy) is 1. The zero-order valence-electron chi connectivity index (χ0n) is 13.2. The third-order valence-corrected chi connectivity index (χ3v) is 4.95. The molecule has 3 heteroatoms. The smallest absolute Gasteiger partial charge is 0.122 e. The van der Waals surface area contributed by atoms with Crippen LogP contribution in [-0.4, -0.2) is 37.2 Å². The van der Waals surface area contributed by atoms with Gasteiger partial charge in [0.2, 0.25) is 0 Å². The molecule has 0 amide bonds. The van der Waals surface area contributed by atoms with E-state index in [0.29, 0.717) is 6.04 Å². The largest absolute Gasteiger partial charge is 0.496 e. The van der Waals surface area contributed by atoms with Crippen molar-refractivity contribution in [3.05, 3.63) is 29.8 Å². The van der Waals surface area contributed by atoms with Crippen molar-refractivity contribution in [1.29, 1.82) is 0 Å². The molecule has 0 heterocycles. The van der Waals surface area contributed by atoms with Gasteiger partial charge in [-0.2, -0.15) is 0 Å². The first kappa shape index (κ1) is 15.3. The van der Waals surface area contributed by atoms with Crippen molar-refractivity contribution in [2.45, 2.75) is 44.7 Å². The minimum Gasteiger partial charge on any atom is -0.496 e. The third kappa shape index (κ3) is 2.84. The molecule has 0 bridgehead atoms. The molecule has 1 aliphatic carbocycles. The van der Waals surface area contributed by atoms with Gasteiger partial charge in [0.05, 0.1) is 7.11 Å². The molecule has 1 unspecified atom stereocenters. The van der Waals surface area contributed by atoms with Crippen LogP contribution in [0.15, 0.2) is 24.3 Å². The molecular weight excluding hydrogens is 248 g/mol. The van der Waals surface area contributed by atoms with E-state index in [1.165, 1.54) is 18.4 Å². The third-order valence-electron chi connectivity index (χ3n) is 4.95. The maximum Gasteiger partial charge on any atom is 0.122 e. The van der Waals surface area contributed by atoms with E-state index < -0.39 is 0 Å². The van der Waals surface area contributed by atoms with E-state index in [9.17, 15) is 0 Å². The maximum atomic E-state index is 6.05. The Bertz CT molecular complexity index is 440. The number of nitrogens with two attached hydrogens (primary N) is 1. The Morgan fingerprint density at radius 3 is 2.60 bits per heavy atom. The lowest BCUT2D eigenvalue weighted by molar-refractivity contribution is -0.0178. The molecule has 0 aromatic heterocycles. The summed E-state index contributed by atoms with van der Waals surface area (Å²) in [6, 6.07) is 8.75. The zero-order chi connectivity index (χ0) is 14.8. The second-order valence-corrected chi connectivity index (χ2v) is 6.42. The van der Waals surface area contributed by atoms with Crippen molar-refractivity contribution in [1.82, 2.24) is 4.90 Å². The number of rotatable bonds is 6. The van der Waals surface area contributed by atoms with E-state index in [1.807, 2.05) is 12.1 Å². The molecule has 1 saturated carbocycles. The van der Waals surface area contributed by atoms with Crippen LogP contribution in [0.5, 0.6) is 5.75 Å². The molecule has 112 valence electrons. The quantitative estimate of drug-likeness (QED) is 0.868. The Kier molecular flexibility index (Phi) is 4.71. The molecule has 0 radical (unpaired) electrons. The summed E-state index contributed by atoms with van der Waals surface area (Å²) in [5, 5.41) is 0. The molecule has 2 rings (SSSR count). The van der Waals surface area contributed by atoms with Crippen LogP contribution in [-0.2, 0) is 6.42 Å². The summed E-state index contributed by atoms with van der Waals surface area (Å²) >= 11 is 0. The highest BCUT2D eigenvalue weighted by molar-refractivity contribution is 5.33. The first-order valence-corrected chi connectivity index (χ1v) is 7.57. The first-order valence-electron chi connectivity index (χ1n) is 7.57. The lowest BCUT2D eigenvalue weighted by Crippen LogP contribution is -2.62. The highest BCUT2D eigenvalue weighted by Gasteiger charge is 2.45. The van der Waals surface area contributed by atoms with Crippen LogP contribution in [0.4, 0.5) is 0 Å². The number of likely N-dealkylation sites (N-methyl/N-ethyl adjacent to an activating group) is 1. The Labute approximate surface area is 123 Å². The van der Waals surface area contributed by atoms with Gasteiger partial charge >= 0.3 is 0 Å². The molecule has 1 aliphatic rings. The molecule has 0 spiro atoms. The van der Waals surface area contributed by atoms with Crippen molar-refractivity contribution >= 4 is 0 Å². The molecular formula is C17H28N2O. The van der Waals surface area contributed by atoms with Gasteiger partial charge in [-0.05, 0) is 50.8 Å². The minimum absolute atomic E-state index is 0.209. The summed E-state index contributed by atoms with van der Waals surface area (Å²) < 4.78 is 5.45. The first-order chi connectivity index (χ1) is 9.52. The molecule has 1 aromatic rings. The van der Waals surface area contributed by atoms with E-state index in [2.05, 4.69) is 37.9 Å². The van der Waals surface area contributed by atoms with E-state index in [4.69, 9.17) is 10.5 Å². The Balaban J connectivity index is 2.06. The topological polar surface area (TPSA) is 38.5 Å². The summed E-state index contributed by atoms with van der Waals surface area (Å²) in [6.07, 6.45) is 3.43. The maximum absolute atomic E-state index is 6.05. The second kappa shape index (κ2) is 6.15. The van der Waals surface area contributed by atoms with Gasteiger partial charge < -0.3 is 10.5 Å². The fourth-order valence-corrected chi connectivity index (χ4v) is 3.63. The van der Waals surface area contributed by atoms with Gasteiger partial charge in [0, 0.05) is 18.1 Å². The fraction of sp³-hybridized carbons (Fsp3) is 0.647. The number of benzene rings is 1. The van der Waals surface area contributed by atoms with Gasteiger partial charge in [0.15, 0.2) is 0 Å². The number of hydrogen-bond donors (Lipinski definition) is 1. The zero-order valence-corrected chi connectivity index (χ0v) is 13.2. The van der Waals surface area contributed by atoms with Crippen LogP contribution < -0.4 is 10.5 Å². The Hall–Kier alpha value is -1.06. The van der Waals surface area contributed by atoms with E-state index >= 15 is 0 Å². The van der Waals surface area contributed by atoms with E-state index in [1.54, 1.807) is 7.11 Å². The average molecular weight is 276 g/mol. The highest BCUT2D eigenvalue weighted by atomic mass is 16.5. The van der Waals surface area contributed by atoms with E-state index in [-0.39, 0.29) is 5.54 Å². The predicted molar refractivity (Wildman–Crippen MR) is 84.1 cm³/mol. The lowest BCUT2D eigenvalue weighted by atomic mass is 9.67. The SMILES string of the molecule is COc1ccccc1CC(C)N(C)C1(CN)CC(C)C1. The van der Waals surface area contributed by atoms with Crippen molar-refractivity contribution in [2.75, 3.05) is 20.7 Å². The van der Waals surface area contributed by atoms with Crippen molar-refractivity contribution in [3.63, 3.8) is 0 Å². The van der Waals surface area contributed by atoms with Crippen LogP contribution in [0, 0.1) is 5.92 Å². The monoisotopic (exact) mass is 276 g/mol. The summed E-state index contributed by atoms with van der Waals surface area (Å²) in [4.78, 5) is 2.49. The summed E-state index contributed by atoms with van der Waals surface area (Å²) in [6.45, 7) is 5.35. The van der Waals surface area contributed by atoms with Crippen molar-refractivity contribution in [2.24, 2.45) is 11.7 Å². The van der Waals surface area contributed by atoms with Crippen LogP contribution in [0.25, 0.3) is 0 Å². The molecule has 2 N–H and O–H groups in total. The molecule has 1 aromatic carbocycles. The Morgan fingerprint density at radius 1 is 1.40 bits per heavy atom. The Morgan fingerprint density at radius 2 is 2.05 bits per heavy atom. The molecule has 1 atom stereocenters. The summed E-state index contributed by atoms with van der Waals surface area (Å²) in [5.74, 6) is 1.79. The molecule has 3 nitrogen and oxygen atoms in total. The van der Waals surface area contributed by atoms with E-state index in [0.717, 1.165) is 24.6 Å². The molecule has 20 heavy (non-hydrogen) atoms. The van der Waals surface area contributed by atoms with Gasteiger partial charge in [0.1, 0.15) is 5.75 Å². The van der Waals surface area contributed by atoms with Crippen LogP contribution in [0.2, 0.25) is 0 Å². The molecule has 0 aliphatic heterocycles.